The molecule has 1 saturated heterocycles. The normalized spacial score (nSPS) is 20.6. The van der Waals surface area contributed by atoms with Gasteiger partial charge in [0.05, 0.1) is 17.0 Å². The van der Waals surface area contributed by atoms with Gasteiger partial charge in [-0.3, -0.25) is 9.59 Å². The summed E-state index contributed by atoms with van der Waals surface area (Å²) in [7, 11) is -3.94. The summed E-state index contributed by atoms with van der Waals surface area (Å²) in [5.41, 5.74) is 1.44. The van der Waals surface area contributed by atoms with Crippen molar-refractivity contribution in [3.8, 4) is 0 Å². The van der Waals surface area contributed by atoms with E-state index >= 15 is 0 Å². The third-order valence-electron chi connectivity index (χ3n) is 6.05. The summed E-state index contributed by atoms with van der Waals surface area (Å²) < 4.78 is 29.8. The number of benzene rings is 2. The number of carbonyl (C=O) groups excluding carboxylic acids is 2. The number of imide groups is 1. The van der Waals surface area contributed by atoms with E-state index in [1.807, 2.05) is 19.1 Å². The number of hydrogen-bond acceptors (Lipinski definition) is 4. The van der Waals surface area contributed by atoms with Gasteiger partial charge in [-0.15, -0.1) is 0 Å². The van der Waals surface area contributed by atoms with Crippen LogP contribution in [0.3, 0.4) is 0 Å². The average Bonchev–Trinajstić information content (AvgIpc) is 3.03. The molecule has 4 rings (SSSR count). The summed E-state index contributed by atoms with van der Waals surface area (Å²) in [6, 6.07) is 12.5. The van der Waals surface area contributed by atoms with Crippen LogP contribution in [0.15, 0.2) is 53.4 Å². The second-order valence-electron chi connectivity index (χ2n) is 8.20. The number of rotatable bonds is 5. The molecule has 1 unspecified atom stereocenters. The highest BCUT2D eigenvalue weighted by molar-refractivity contribution is 14.1. The van der Waals surface area contributed by atoms with E-state index < -0.39 is 22.0 Å². The predicted molar refractivity (Wildman–Crippen MR) is 127 cm³/mol. The largest absolute Gasteiger partial charge is 0.274 e. The number of carbonyl (C=O) groups is 2. The van der Waals surface area contributed by atoms with Gasteiger partial charge in [0.2, 0.25) is 15.9 Å². The smallest absolute Gasteiger partial charge is 0.252 e. The van der Waals surface area contributed by atoms with Gasteiger partial charge in [0.25, 0.3) is 5.91 Å². The number of sulfonamides is 1. The molecule has 2 fully saturated rings. The molecule has 2 aliphatic rings. The second kappa shape index (κ2) is 8.99. The average molecular weight is 552 g/mol. The van der Waals surface area contributed by atoms with Crippen molar-refractivity contribution in [1.29, 1.82) is 0 Å². The Balaban J connectivity index is 1.73. The molecule has 31 heavy (non-hydrogen) atoms. The van der Waals surface area contributed by atoms with Crippen molar-refractivity contribution in [1.82, 2.24) is 4.31 Å². The first kappa shape index (κ1) is 22.4. The van der Waals surface area contributed by atoms with Crippen LogP contribution in [0, 0.1) is 10.5 Å². The highest BCUT2D eigenvalue weighted by Gasteiger charge is 2.49. The fourth-order valence-electron chi connectivity index (χ4n) is 4.46. The van der Waals surface area contributed by atoms with Crippen LogP contribution in [-0.2, 0) is 19.6 Å². The summed E-state index contributed by atoms with van der Waals surface area (Å²) >= 11 is 2.16. The monoisotopic (exact) mass is 552 g/mol. The summed E-state index contributed by atoms with van der Waals surface area (Å²) in [5.74, 6) is -0.830. The van der Waals surface area contributed by atoms with Crippen molar-refractivity contribution in [2.45, 2.75) is 62.4 Å². The van der Waals surface area contributed by atoms with Gasteiger partial charge in [0, 0.05) is 9.61 Å². The molecule has 164 valence electrons. The second-order valence-corrected chi connectivity index (χ2v) is 11.3. The fourth-order valence-corrected chi connectivity index (χ4v) is 6.65. The molecule has 0 spiro atoms. The van der Waals surface area contributed by atoms with Crippen LogP contribution >= 0.6 is 22.6 Å². The first-order valence-electron chi connectivity index (χ1n) is 10.5. The zero-order chi connectivity index (χ0) is 22.2. The van der Waals surface area contributed by atoms with Crippen LogP contribution in [0.1, 0.15) is 44.1 Å². The highest BCUT2D eigenvalue weighted by Crippen LogP contribution is 2.35. The molecule has 1 aliphatic carbocycles. The van der Waals surface area contributed by atoms with Gasteiger partial charge in [-0.1, -0.05) is 37.0 Å². The maximum atomic E-state index is 13.7. The third-order valence-corrected chi connectivity index (χ3v) is 8.74. The molecule has 1 aliphatic heterocycles. The lowest BCUT2D eigenvalue weighted by atomic mass is 9.94. The Labute approximate surface area is 196 Å². The van der Waals surface area contributed by atoms with E-state index in [9.17, 15) is 18.0 Å². The summed E-state index contributed by atoms with van der Waals surface area (Å²) in [6.07, 6.45) is 4.16. The Hall–Kier alpha value is -1.78. The lowest BCUT2D eigenvalue weighted by molar-refractivity contribution is -0.122. The maximum absolute atomic E-state index is 13.7. The first-order chi connectivity index (χ1) is 14.8. The van der Waals surface area contributed by atoms with E-state index in [0.717, 1.165) is 33.3 Å². The van der Waals surface area contributed by atoms with Gasteiger partial charge in [0.1, 0.15) is 6.04 Å². The molecule has 2 aromatic rings. The molecular weight excluding hydrogens is 527 g/mol. The van der Waals surface area contributed by atoms with Crippen molar-refractivity contribution >= 4 is 50.1 Å². The highest BCUT2D eigenvalue weighted by atomic mass is 127. The van der Waals surface area contributed by atoms with E-state index in [4.69, 9.17) is 0 Å². The summed E-state index contributed by atoms with van der Waals surface area (Å²) in [4.78, 5) is 27.6. The summed E-state index contributed by atoms with van der Waals surface area (Å²) in [5, 5.41) is 0. The molecule has 8 heteroatoms. The molecule has 0 aromatic heterocycles. The molecule has 1 atom stereocenters. The third kappa shape index (κ3) is 4.42. The minimum Gasteiger partial charge on any atom is -0.274 e. The molecule has 2 amide bonds. The maximum Gasteiger partial charge on any atom is 0.252 e. The molecule has 2 aromatic carbocycles. The number of nitrogens with zero attached hydrogens (tertiary/aromatic N) is 2. The zero-order valence-electron chi connectivity index (χ0n) is 17.3. The van der Waals surface area contributed by atoms with Gasteiger partial charge in [0.15, 0.2) is 0 Å². The Kier molecular flexibility index (Phi) is 6.50. The molecule has 0 radical (unpaired) electrons. The topological polar surface area (TPSA) is 74.8 Å². The minimum absolute atomic E-state index is 0.133. The SMILES string of the molecule is Cc1ccc(S(=O)(=O)N(C2CCCCC2)C2CC(=O)N(c3ccc(I)cc3)C2=O)cc1. The van der Waals surface area contributed by atoms with Crippen LogP contribution in [0.25, 0.3) is 0 Å². The van der Waals surface area contributed by atoms with E-state index in [2.05, 4.69) is 22.6 Å². The lowest BCUT2D eigenvalue weighted by Crippen LogP contribution is -2.51. The standard InChI is InChI=1S/C23H25IN2O4S/c1-16-7-13-20(14-8-16)31(29,30)26(19-5-3-2-4-6-19)21-15-22(27)25(23(21)28)18-11-9-17(24)10-12-18/h7-14,19,21H,2-6,15H2,1H3. The molecular formula is C23H25IN2O4S. The van der Waals surface area contributed by atoms with Gasteiger partial charge < -0.3 is 0 Å². The van der Waals surface area contributed by atoms with E-state index in [1.165, 1.54) is 4.31 Å². The van der Waals surface area contributed by atoms with Gasteiger partial charge >= 0.3 is 0 Å². The zero-order valence-corrected chi connectivity index (χ0v) is 20.3. The number of hydrogen-bond donors (Lipinski definition) is 0. The molecule has 0 bridgehead atoms. The molecule has 1 saturated carbocycles. The Bertz CT molecular complexity index is 1080. The van der Waals surface area contributed by atoms with Crippen molar-refractivity contribution in [3.05, 3.63) is 57.7 Å². The number of anilines is 1. The van der Waals surface area contributed by atoms with Crippen LogP contribution in [-0.4, -0.2) is 36.6 Å². The Morgan fingerprint density at radius 1 is 0.935 bits per heavy atom. The Morgan fingerprint density at radius 2 is 1.55 bits per heavy atom. The van der Waals surface area contributed by atoms with E-state index in [1.54, 1.807) is 36.4 Å². The minimum atomic E-state index is -3.94. The van der Waals surface area contributed by atoms with Crippen LogP contribution in [0.4, 0.5) is 5.69 Å². The van der Waals surface area contributed by atoms with E-state index in [0.29, 0.717) is 18.5 Å². The number of aryl methyl sites for hydroxylation is 1. The van der Waals surface area contributed by atoms with Gasteiger partial charge in [-0.25, -0.2) is 13.3 Å². The van der Waals surface area contributed by atoms with Crippen molar-refractivity contribution < 1.29 is 18.0 Å². The van der Waals surface area contributed by atoms with Crippen LogP contribution in [0.2, 0.25) is 0 Å². The first-order valence-corrected chi connectivity index (χ1v) is 13.0. The van der Waals surface area contributed by atoms with Crippen LogP contribution < -0.4 is 4.90 Å². The predicted octanol–water partition coefficient (Wildman–Crippen LogP) is 4.26. The lowest BCUT2D eigenvalue weighted by Gasteiger charge is -2.36. The molecule has 0 N–H and O–H groups in total. The quantitative estimate of drug-likeness (QED) is 0.411. The fraction of sp³-hybridized carbons (Fsp3) is 0.391. The van der Waals surface area contributed by atoms with Crippen molar-refractivity contribution in [2.75, 3.05) is 4.90 Å². The Morgan fingerprint density at radius 3 is 2.16 bits per heavy atom. The number of halogens is 1. The summed E-state index contributed by atoms with van der Waals surface area (Å²) in [6.45, 7) is 1.90. The number of amides is 2. The molecule has 1 heterocycles. The molecule has 6 nitrogen and oxygen atoms in total. The van der Waals surface area contributed by atoms with Crippen molar-refractivity contribution in [2.24, 2.45) is 0 Å². The van der Waals surface area contributed by atoms with Crippen LogP contribution in [0.5, 0.6) is 0 Å². The van der Waals surface area contributed by atoms with Gasteiger partial charge in [-0.2, -0.15) is 4.31 Å². The van der Waals surface area contributed by atoms with Crippen molar-refractivity contribution in [3.63, 3.8) is 0 Å². The van der Waals surface area contributed by atoms with E-state index in [-0.39, 0.29) is 23.3 Å². The van der Waals surface area contributed by atoms with Gasteiger partial charge in [-0.05, 0) is 78.8 Å².